The summed E-state index contributed by atoms with van der Waals surface area (Å²) < 4.78 is 31.7. The maximum absolute atomic E-state index is 10.6. The van der Waals surface area contributed by atoms with Gasteiger partial charge in [0.1, 0.15) is 18.9 Å². The Labute approximate surface area is 119 Å². The van der Waals surface area contributed by atoms with Crippen molar-refractivity contribution in [1.29, 1.82) is 0 Å². The van der Waals surface area contributed by atoms with Gasteiger partial charge in [-0.1, -0.05) is 0 Å². The van der Waals surface area contributed by atoms with Crippen molar-refractivity contribution in [3.63, 3.8) is 0 Å². The fourth-order valence-corrected chi connectivity index (χ4v) is 3.55. The predicted molar refractivity (Wildman–Crippen MR) is 58.3 cm³/mol. The minimum absolute atomic E-state index is 0. The molecule has 0 aromatic carbocycles. The minimum Gasteiger partial charge on any atom is -0.324 e. The van der Waals surface area contributed by atoms with Crippen LogP contribution in [0.4, 0.5) is 0 Å². The summed E-state index contributed by atoms with van der Waals surface area (Å²) in [4.78, 5) is 51.6. The second kappa shape index (κ2) is 7.26. The van der Waals surface area contributed by atoms with Gasteiger partial charge >= 0.3 is 22.8 Å². The van der Waals surface area contributed by atoms with Gasteiger partial charge < -0.3 is 29.4 Å². The van der Waals surface area contributed by atoms with Crippen molar-refractivity contribution in [2.24, 2.45) is 0 Å². The summed E-state index contributed by atoms with van der Waals surface area (Å²) in [7, 11) is -14.0. The molecule has 6 N–H and O–H groups in total. The summed E-state index contributed by atoms with van der Waals surface area (Å²) in [6.45, 7) is 0. The first kappa shape index (κ1) is 20.7. The van der Waals surface area contributed by atoms with Crippen LogP contribution in [0.1, 0.15) is 0 Å². The Morgan fingerprint density at radius 3 is 0.941 bits per heavy atom. The van der Waals surface area contributed by atoms with E-state index < -0.39 is 41.6 Å². The van der Waals surface area contributed by atoms with Crippen molar-refractivity contribution in [1.82, 2.24) is 4.90 Å². The first-order valence-electron chi connectivity index (χ1n) is 3.65. The molecule has 17 heavy (non-hydrogen) atoms. The maximum Gasteiger partial charge on any atom is 0.339 e. The van der Waals surface area contributed by atoms with Gasteiger partial charge in [-0.2, -0.15) is 0 Å². The van der Waals surface area contributed by atoms with E-state index >= 15 is 0 Å². The van der Waals surface area contributed by atoms with Gasteiger partial charge in [-0.3, -0.25) is 18.6 Å². The first-order valence-corrected chi connectivity index (χ1v) is 9.04. The molecule has 0 atom stereocenters. The molecule has 1 radical (unpaired) electrons. The second-order valence-corrected chi connectivity index (χ2v) is 7.93. The third-order valence-electron chi connectivity index (χ3n) is 1.15. The first-order chi connectivity index (χ1) is 6.79. The van der Waals surface area contributed by atoms with Crippen molar-refractivity contribution in [2.75, 3.05) is 18.9 Å². The van der Waals surface area contributed by atoms with Crippen LogP contribution in [0.5, 0.6) is 0 Å². The molecule has 0 aliphatic heterocycles. The molecule has 99 valence electrons. The number of hydrogen-bond acceptors (Lipinski definition) is 4. The zero-order valence-electron chi connectivity index (χ0n) is 8.82. The molecule has 0 amide bonds. The van der Waals surface area contributed by atoms with Gasteiger partial charge in [-0.25, -0.2) is 0 Å². The van der Waals surface area contributed by atoms with E-state index in [-0.39, 0.29) is 29.6 Å². The van der Waals surface area contributed by atoms with Crippen LogP contribution < -0.4 is 0 Å². The summed E-state index contributed by atoms with van der Waals surface area (Å²) in [5.74, 6) is 0. The smallest absolute Gasteiger partial charge is 0.324 e. The Kier molecular flexibility index (Phi) is 8.85. The van der Waals surface area contributed by atoms with Crippen molar-refractivity contribution < 1.29 is 43.1 Å². The molecule has 14 heteroatoms. The van der Waals surface area contributed by atoms with Crippen LogP contribution in [0.2, 0.25) is 0 Å². The van der Waals surface area contributed by atoms with Gasteiger partial charge in [0.2, 0.25) is 0 Å². The van der Waals surface area contributed by atoms with Crippen molar-refractivity contribution >= 4 is 52.3 Å². The Bertz CT molecular complexity index is 311. The topological polar surface area (TPSA) is 176 Å². The molecular weight excluding hydrogens is 310 g/mol. The third kappa shape index (κ3) is 15.4. The van der Waals surface area contributed by atoms with E-state index in [1.165, 1.54) is 0 Å². The molecular formula is C3H12NNaO9P3. The van der Waals surface area contributed by atoms with Crippen LogP contribution >= 0.6 is 22.8 Å². The van der Waals surface area contributed by atoms with E-state index in [1.807, 2.05) is 0 Å². The molecule has 0 aromatic rings. The van der Waals surface area contributed by atoms with Crippen molar-refractivity contribution in [3.05, 3.63) is 0 Å². The predicted octanol–water partition coefficient (Wildman–Crippen LogP) is -1.69. The fraction of sp³-hybridized carbons (Fsp3) is 1.00. The molecule has 0 unspecified atom stereocenters. The monoisotopic (exact) mass is 322 g/mol. The Morgan fingerprint density at radius 2 is 0.824 bits per heavy atom. The summed E-state index contributed by atoms with van der Waals surface area (Å²) in [6.07, 6.45) is -3.41. The molecule has 10 nitrogen and oxygen atoms in total. The van der Waals surface area contributed by atoms with Crippen molar-refractivity contribution in [3.8, 4) is 0 Å². The molecule has 0 aromatic heterocycles. The molecule has 0 saturated carbocycles. The summed E-state index contributed by atoms with van der Waals surface area (Å²) in [5.41, 5.74) is 0. The molecule has 0 spiro atoms. The number of nitrogens with zero attached hydrogens (tertiary/aromatic N) is 1. The van der Waals surface area contributed by atoms with E-state index in [0.717, 1.165) is 0 Å². The van der Waals surface area contributed by atoms with Gasteiger partial charge in [0.25, 0.3) is 0 Å². The van der Waals surface area contributed by atoms with E-state index in [0.29, 0.717) is 4.90 Å². The largest absolute Gasteiger partial charge is 0.339 e. The average molecular weight is 322 g/mol. The fourth-order valence-electron chi connectivity index (χ4n) is 0.916. The van der Waals surface area contributed by atoms with Crippen LogP contribution in [0.3, 0.4) is 0 Å². The normalized spacial score (nSPS) is 13.6. The zero-order chi connectivity index (χ0) is 13.2. The van der Waals surface area contributed by atoms with Gasteiger partial charge in [0, 0.05) is 29.6 Å². The third-order valence-corrected chi connectivity index (χ3v) is 3.46. The van der Waals surface area contributed by atoms with Crippen LogP contribution in [-0.4, -0.2) is 82.7 Å². The van der Waals surface area contributed by atoms with Gasteiger partial charge in [-0.15, -0.1) is 0 Å². The van der Waals surface area contributed by atoms with Crippen molar-refractivity contribution in [2.45, 2.75) is 0 Å². The van der Waals surface area contributed by atoms with Gasteiger partial charge in [-0.05, 0) is 0 Å². The Balaban J connectivity index is 0. The zero-order valence-corrected chi connectivity index (χ0v) is 13.5. The average Bonchev–Trinajstić information content (AvgIpc) is 1.70. The standard InChI is InChI=1S/C3H12NO9P3.Na/c5-14(6,7)1-4(2-15(8,9)10)3-16(11,12)13;/h1-3H2,(H2,5,6,7)(H2,8,9,10)(H2,11,12,13);. The van der Waals surface area contributed by atoms with Crippen LogP contribution in [0.15, 0.2) is 0 Å². The van der Waals surface area contributed by atoms with E-state index in [4.69, 9.17) is 29.4 Å². The Hall–Kier alpha value is 1.41. The van der Waals surface area contributed by atoms with Crippen LogP contribution in [-0.2, 0) is 13.7 Å². The molecule has 0 bridgehead atoms. The summed E-state index contributed by atoms with van der Waals surface area (Å²) in [6, 6.07) is 0. The van der Waals surface area contributed by atoms with Gasteiger partial charge in [0.15, 0.2) is 0 Å². The molecule has 0 saturated heterocycles. The molecule has 0 rings (SSSR count). The second-order valence-electron chi connectivity index (χ2n) is 3.09. The van der Waals surface area contributed by atoms with E-state index in [2.05, 4.69) is 0 Å². The molecule has 0 aliphatic carbocycles. The number of rotatable bonds is 6. The number of hydrogen-bond donors (Lipinski definition) is 6. The van der Waals surface area contributed by atoms with Crippen LogP contribution in [0.25, 0.3) is 0 Å². The molecule has 0 fully saturated rings. The van der Waals surface area contributed by atoms with E-state index in [9.17, 15) is 13.7 Å². The maximum atomic E-state index is 10.6. The molecule has 0 aliphatic rings. The molecule has 0 heterocycles. The Morgan fingerprint density at radius 1 is 0.647 bits per heavy atom. The van der Waals surface area contributed by atoms with Gasteiger partial charge in [0.05, 0.1) is 0 Å². The minimum atomic E-state index is -4.65. The van der Waals surface area contributed by atoms with E-state index in [1.54, 1.807) is 0 Å². The van der Waals surface area contributed by atoms with Crippen LogP contribution in [0, 0.1) is 0 Å². The summed E-state index contributed by atoms with van der Waals surface area (Å²) in [5, 5.41) is 0. The SMILES string of the molecule is O=P(O)(O)CN(CP(=O)(O)O)CP(=O)(O)O.[Na]. The quantitative estimate of drug-likeness (QED) is 0.244. The summed E-state index contributed by atoms with van der Waals surface area (Å²) >= 11 is 0.